The van der Waals surface area contributed by atoms with Crippen molar-refractivity contribution in [3.05, 3.63) is 72.1 Å². The molecular formula is C22H10N4. The summed E-state index contributed by atoms with van der Waals surface area (Å²) in [6.45, 7) is 0. The Morgan fingerprint density at radius 3 is 1.65 bits per heavy atom. The molecule has 0 spiro atoms. The van der Waals surface area contributed by atoms with Gasteiger partial charge in [0.1, 0.15) is 12.1 Å². The Morgan fingerprint density at radius 1 is 0.615 bits per heavy atom. The van der Waals surface area contributed by atoms with Gasteiger partial charge in [-0.25, -0.2) is 0 Å². The molecule has 0 saturated heterocycles. The fourth-order valence-electron chi connectivity index (χ4n) is 3.59. The van der Waals surface area contributed by atoms with Gasteiger partial charge in [-0.1, -0.05) is 24.3 Å². The third-order valence-electron chi connectivity index (χ3n) is 4.78. The molecule has 4 heteroatoms. The van der Waals surface area contributed by atoms with E-state index in [0.29, 0.717) is 11.1 Å². The Kier molecular flexibility index (Phi) is 2.89. The van der Waals surface area contributed by atoms with E-state index in [-0.39, 0.29) is 0 Å². The Bertz CT molecular complexity index is 1450. The second kappa shape index (κ2) is 5.24. The van der Waals surface area contributed by atoms with E-state index in [1.165, 1.54) is 0 Å². The van der Waals surface area contributed by atoms with Gasteiger partial charge in [-0.3, -0.25) is 9.97 Å². The molecule has 1 heterocycles. The van der Waals surface area contributed by atoms with Crippen LogP contribution in [0.5, 0.6) is 0 Å². The molecule has 4 aromatic carbocycles. The van der Waals surface area contributed by atoms with Crippen LogP contribution in [0.25, 0.3) is 43.4 Å². The summed E-state index contributed by atoms with van der Waals surface area (Å²) < 4.78 is 0. The van der Waals surface area contributed by atoms with E-state index in [4.69, 9.17) is 0 Å². The summed E-state index contributed by atoms with van der Waals surface area (Å²) in [7, 11) is 0. The first-order valence-corrected chi connectivity index (χ1v) is 8.13. The second-order valence-corrected chi connectivity index (χ2v) is 6.17. The van der Waals surface area contributed by atoms with Crippen LogP contribution in [0.15, 0.2) is 60.9 Å². The maximum atomic E-state index is 9.44. The van der Waals surface area contributed by atoms with E-state index >= 15 is 0 Å². The van der Waals surface area contributed by atoms with Crippen molar-refractivity contribution in [2.24, 2.45) is 0 Å². The molecule has 0 radical (unpaired) electrons. The van der Waals surface area contributed by atoms with Crippen LogP contribution in [0.4, 0.5) is 0 Å². The molecule has 0 aliphatic carbocycles. The minimum atomic E-state index is 0.354. The van der Waals surface area contributed by atoms with Crippen molar-refractivity contribution in [3.8, 4) is 12.1 Å². The summed E-state index contributed by atoms with van der Waals surface area (Å²) in [6, 6.07) is 20.2. The highest BCUT2D eigenvalue weighted by molar-refractivity contribution is 6.25. The molecule has 118 valence electrons. The van der Waals surface area contributed by atoms with E-state index in [1.54, 1.807) is 24.5 Å². The minimum absolute atomic E-state index is 0.354. The van der Waals surface area contributed by atoms with Crippen molar-refractivity contribution >= 4 is 43.4 Å². The zero-order valence-electron chi connectivity index (χ0n) is 13.6. The summed E-state index contributed by atoms with van der Waals surface area (Å²) in [5.41, 5.74) is 2.27. The molecule has 0 unspecified atom stereocenters. The number of benzene rings is 4. The lowest BCUT2D eigenvalue weighted by Crippen LogP contribution is -1.92. The van der Waals surface area contributed by atoms with E-state index in [2.05, 4.69) is 46.4 Å². The summed E-state index contributed by atoms with van der Waals surface area (Å²) >= 11 is 0. The first-order chi connectivity index (χ1) is 12.8. The van der Waals surface area contributed by atoms with Crippen LogP contribution in [0, 0.1) is 22.7 Å². The zero-order chi connectivity index (χ0) is 17.7. The standard InChI is InChI=1S/C22H10N4/c23-11-15-9-18-17-7-13-3-1-2-4-14(13)8-19(17)21-22(26-6-5-25-21)20(18)10-16(15)12-24/h1-10H. The predicted octanol–water partition coefficient (Wildman–Crippen LogP) is 4.83. The number of nitrogens with zero attached hydrogens (tertiary/aromatic N) is 4. The van der Waals surface area contributed by atoms with Crippen LogP contribution in [0.2, 0.25) is 0 Å². The minimum Gasteiger partial charge on any atom is -0.252 e. The van der Waals surface area contributed by atoms with Gasteiger partial charge in [-0.2, -0.15) is 10.5 Å². The average Bonchev–Trinajstić information content (AvgIpc) is 2.71. The molecule has 5 rings (SSSR count). The lowest BCUT2D eigenvalue weighted by atomic mass is 9.93. The Balaban J connectivity index is 2.14. The molecule has 4 nitrogen and oxygen atoms in total. The summed E-state index contributed by atoms with van der Waals surface area (Å²) in [5, 5.41) is 24.8. The lowest BCUT2D eigenvalue weighted by Gasteiger charge is -2.11. The SMILES string of the molecule is N#Cc1cc2c3cc4ccccc4cc3c3nccnc3c2cc1C#N. The van der Waals surface area contributed by atoms with Crippen molar-refractivity contribution in [2.45, 2.75) is 0 Å². The zero-order valence-corrected chi connectivity index (χ0v) is 13.6. The molecule has 0 bridgehead atoms. The quantitative estimate of drug-likeness (QED) is 0.301. The molecule has 5 aromatic rings. The van der Waals surface area contributed by atoms with Gasteiger partial charge in [-0.15, -0.1) is 0 Å². The van der Waals surface area contributed by atoms with Crippen LogP contribution in [-0.2, 0) is 0 Å². The van der Waals surface area contributed by atoms with Crippen molar-refractivity contribution < 1.29 is 0 Å². The highest BCUT2D eigenvalue weighted by Crippen LogP contribution is 2.36. The second-order valence-electron chi connectivity index (χ2n) is 6.17. The molecule has 0 amide bonds. The van der Waals surface area contributed by atoms with Crippen molar-refractivity contribution in [3.63, 3.8) is 0 Å². The van der Waals surface area contributed by atoms with Gasteiger partial charge in [0, 0.05) is 23.2 Å². The fourth-order valence-corrected chi connectivity index (χ4v) is 3.59. The van der Waals surface area contributed by atoms with Crippen LogP contribution in [0.1, 0.15) is 11.1 Å². The largest absolute Gasteiger partial charge is 0.252 e. The van der Waals surface area contributed by atoms with Gasteiger partial charge in [-0.05, 0) is 45.8 Å². The fraction of sp³-hybridized carbons (Fsp3) is 0. The van der Waals surface area contributed by atoms with Crippen molar-refractivity contribution in [1.29, 1.82) is 10.5 Å². The lowest BCUT2D eigenvalue weighted by molar-refractivity contribution is 1.31. The van der Waals surface area contributed by atoms with E-state index in [0.717, 1.165) is 43.4 Å². The van der Waals surface area contributed by atoms with E-state index < -0.39 is 0 Å². The normalized spacial score (nSPS) is 11.0. The Morgan fingerprint density at radius 2 is 1.08 bits per heavy atom. The molecule has 0 aliphatic heterocycles. The first kappa shape index (κ1) is 14.3. The van der Waals surface area contributed by atoms with Crippen LogP contribution in [0.3, 0.4) is 0 Å². The Labute approximate surface area is 148 Å². The van der Waals surface area contributed by atoms with Crippen molar-refractivity contribution in [2.75, 3.05) is 0 Å². The van der Waals surface area contributed by atoms with E-state index in [9.17, 15) is 10.5 Å². The van der Waals surface area contributed by atoms with E-state index in [1.807, 2.05) is 12.1 Å². The highest BCUT2D eigenvalue weighted by Gasteiger charge is 2.14. The number of aromatic nitrogens is 2. The number of fused-ring (bicyclic) bond motifs is 7. The van der Waals surface area contributed by atoms with Crippen LogP contribution in [-0.4, -0.2) is 9.97 Å². The number of hydrogen-bond acceptors (Lipinski definition) is 4. The van der Waals surface area contributed by atoms with Gasteiger partial charge in [0.2, 0.25) is 0 Å². The molecule has 0 N–H and O–H groups in total. The molecule has 0 atom stereocenters. The summed E-state index contributed by atoms with van der Waals surface area (Å²) in [5.74, 6) is 0. The number of rotatable bonds is 0. The third kappa shape index (κ3) is 1.87. The van der Waals surface area contributed by atoms with Crippen LogP contribution < -0.4 is 0 Å². The topological polar surface area (TPSA) is 73.4 Å². The molecule has 1 aromatic heterocycles. The molecule has 0 saturated carbocycles. The van der Waals surface area contributed by atoms with Gasteiger partial charge in [0.25, 0.3) is 0 Å². The predicted molar refractivity (Wildman–Crippen MR) is 101 cm³/mol. The monoisotopic (exact) mass is 330 g/mol. The Hall–Kier alpha value is -4.02. The average molecular weight is 330 g/mol. The van der Waals surface area contributed by atoms with Gasteiger partial charge in [0.15, 0.2) is 0 Å². The molecular weight excluding hydrogens is 320 g/mol. The molecule has 0 fully saturated rings. The molecule has 26 heavy (non-hydrogen) atoms. The smallest absolute Gasteiger partial charge is 0.101 e. The van der Waals surface area contributed by atoms with Gasteiger partial charge < -0.3 is 0 Å². The summed E-state index contributed by atoms with van der Waals surface area (Å²) in [4.78, 5) is 9.07. The van der Waals surface area contributed by atoms with Gasteiger partial charge in [0.05, 0.1) is 22.2 Å². The molecule has 0 aliphatic rings. The maximum Gasteiger partial charge on any atom is 0.101 e. The third-order valence-corrected chi connectivity index (χ3v) is 4.78. The highest BCUT2D eigenvalue weighted by atomic mass is 14.8. The number of hydrogen-bond donors (Lipinski definition) is 0. The van der Waals surface area contributed by atoms with Crippen molar-refractivity contribution in [1.82, 2.24) is 9.97 Å². The first-order valence-electron chi connectivity index (χ1n) is 8.13. The maximum absolute atomic E-state index is 9.44. The summed E-state index contributed by atoms with van der Waals surface area (Å²) in [6.07, 6.45) is 3.33. The van der Waals surface area contributed by atoms with Gasteiger partial charge >= 0.3 is 0 Å². The van der Waals surface area contributed by atoms with Crippen LogP contribution >= 0.6 is 0 Å². The number of nitriles is 2.